The SMILES string of the molecule is C=Cc1oc(CC(C)/C(N)=C\C=C(\C(=O)NCC2CC2)C(C)OC)cc1/C=C\C.CC. The highest BCUT2D eigenvalue weighted by molar-refractivity contribution is 5.94. The van der Waals surface area contributed by atoms with Crippen molar-refractivity contribution in [3.05, 3.63) is 59.2 Å². The first-order valence-electron chi connectivity index (χ1n) is 11.3. The van der Waals surface area contributed by atoms with E-state index in [0.29, 0.717) is 23.6 Å². The molecule has 0 radical (unpaired) electrons. The van der Waals surface area contributed by atoms with E-state index in [2.05, 4.69) is 11.9 Å². The summed E-state index contributed by atoms with van der Waals surface area (Å²) in [7, 11) is 1.60. The van der Waals surface area contributed by atoms with E-state index < -0.39 is 0 Å². The number of hydrogen-bond donors (Lipinski definition) is 2. The lowest BCUT2D eigenvalue weighted by atomic mass is 10.0. The van der Waals surface area contributed by atoms with Gasteiger partial charge in [-0.25, -0.2) is 0 Å². The number of nitrogens with two attached hydrogens (primary N) is 1. The minimum atomic E-state index is -0.308. The van der Waals surface area contributed by atoms with Crippen LogP contribution in [0.1, 0.15) is 64.5 Å². The molecule has 1 aliphatic rings. The largest absolute Gasteiger partial charge is 0.461 e. The number of carbonyl (C=O) groups excluding carboxylic acids is 1. The first-order valence-corrected chi connectivity index (χ1v) is 11.3. The smallest absolute Gasteiger partial charge is 0.249 e. The van der Waals surface area contributed by atoms with Crippen molar-refractivity contribution < 1.29 is 13.9 Å². The molecule has 2 atom stereocenters. The maximum absolute atomic E-state index is 12.5. The van der Waals surface area contributed by atoms with Crippen LogP contribution in [0, 0.1) is 11.8 Å². The van der Waals surface area contributed by atoms with Gasteiger partial charge >= 0.3 is 0 Å². The highest BCUT2D eigenvalue weighted by Gasteiger charge is 2.23. The van der Waals surface area contributed by atoms with E-state index in [4.69, 9.17) is 14.9 Å². The van der Waals surface area contributed by atoms with Gasteiger partial charge < -0.3 is 20.2 Å². The first-order chi connectivity index (χ1) is 14.9. The fraction of sp³-hybridized carbons (Fsp3) is 0.500. The molecule has 0 saturated heterocycles. The lowest BCUT2D eigenvalue weighted by Crippen LogP contribution is -2.31. The number of ether oxygens (including phenoxy) is 1. The van der Waals surface area contributed by atoms with Gasteiger partial charge in [0.2, 0.25) is 5.91 Å². The number of allylic oxidation sites excluding steroid dienone is 4. The Hall–Kier alpha value is -2.53. The zero-order valence-corrected chi connectivity index (χ0v) is 20.0. The quantitative estimate of drug-likeness (QED) is 0.361. The molecule has 31 heavy (non-hydrogen) atoms. The predicted octanol–water partition coefficient (Wildman–Crippen LogP) is 5.49. The Balaban J connectivity index is 0.00000233. The van der Waals surface area contributed by atoms with Crippen molar-refractivity contribution in [2.24, 2.45) is 17.6 Å². The molecule has 2 rings (SSSR count). The van der Waals surface area contributed by atoms with Gasteiger partial charge in [0, 0.05) is 42.8 Å². The summed E-state index contributed by atoms with van der Waals surface area (Å²) in [5.41, 5.74) is 8.56. The molecule has 0 bridgehead atoms. The Morgan fingerprint density at radius 3 is 2.58 bits per heavy atom. The van der Waals surface area contributed by atoms with Crippen LogP contribution in [-0.2, 0) is 16.0 Å². The number of nitrogens with one attached hydrogen (secondary N) is 1. The van der Waals surface area contributed by atoms with E-state index in [-0.39, 0.29) is 17.9 Å². The summed E-state index contributed by atoms with van der Waals surface area (Å²) in [4.78, 5) is 12.5. The Morgan fingerprint density at radius 1 is 1.35 bits per heavy atom. The molecule has 172 valence electrons. The standard InChI is InChI=1S/C24H34N2O3.C2H6/c1-6-8-19-14-20(29-23(19)7-2)13-16(3)22(25)12-11-21(17(4)28-5)24(27)26-15-18-9-10-18;1-2/h6-8,11-12,14,16-18H,2,9-10,13,15,25H2,1,3-5H3,(H,26,27);1-2H3/b8-6-,21-11+,22-12+;. The monoisotopic (exact) mass is 428 g/mol. The zero-order valence-electron chi connectivity index (χ0n) is 20.0. The molecule has 1 heterocycles. The highest BCUT2D eigenvalue weighted by atomic mass is 16.5. The van der Waals surface area contributed by atoms with Crippen LogP contribution in [-0.4, -0.2) is 25.7 Å². The molecule has 3 N–H and O–H groups in total. The summed E-state index contributed by atoms with van der Waals surface area (Å²) in [6.07, 6.45) is 12.0. The summed E-state index contributed by atoms with van der Waals surface area (Å²) in [5, 5.41) is 2.99. The van der Waals surface area contributed by atoms with Crippen LogP contribution in [0.5, 0.6) is 0 Å². The molecule has 5 heteroatoms. The van der Waals surface area contributed by atoms with Gasteiger partial charge in [0.25, 0.3) is 0 Å². The molecule has 1 aromatic heterocycles. The number of carbonyl (C=O) groups is 1. The molecule has 2 unspecified atom stereocenters. The highest BCUT2D eigenvalue weighted by Crippen LogP contribution is 2.27. The van der Waals surface area contributed by atoms with Crippen molar-refractivity contribution >= 4 is 18.1 Å². The molecule has 0 spiro atoms. The van der Waals surface area contributed by atoms with Crippen molar-refractivity contribution in [3.8, 4) is 0 Å². The van der Waals surface area contributed by atoms with Gasteiger partial charge in [-0.1, -0.05) is 39.5 Å². The molecule has 5 nitrogen and oxygen atoms in total. The van der Waals surface area contributed by atoms with Crippen LogP contribution in [0.25, 0.3) is 12.2 Å². The minimum Gasteiger partial charge on any atom is -0.461 e. The molecule has 1 aromatic rings. The van der Waals surface area contributed by atoms with Gasteiger partial charge in [-0.15, -0.1) is 0 Å². The molecule has 0 aromatic carbocycles. The van der Waals surface area contributed by atoms with Crippen molar-refractivity contribution in [2.75, 3.05) is 13.7 Å². The Bertz CT molecular complexity index is 798. The average molecular weight is 429 g/mol. The number of hydrogen-bond acceptors (Lipinski definition) is 4. The van der Waals surface area contributed by atoms with Gasteiger partial charge in [-0.05, 0) is 56.9 Å². The van der Waals surface area contributed by atoms with E-state index in [9.17, 15) is 4.79 Å². The Kier molecular flexibility index (Phi) is 11.7. The number of rotatable bonds is 11. The summed E-state index contributed by atoms with van der Waals surface area (Å²) < 4.78 is 11.2. The van der Waals surface area contributed by atoms with Crippen molar-refractivity contribution in [1.82, 2.24) is 5.32 Å². The zero-order chi connectivity index (χ0) is 23.4. The van der Waals surface area contributed by atoms with E-state index in [1.165, 1.54) is 12.8 Å². The van der Waals surface area contributed by atoms with E-state index >= 15 is 0 Å². The van der Waals surface area contributed by atoms with Crippen molar-refractivity contribution in [3.63, 3.8) is 0 Å². The van der Waals surface area contributed by atoms with Gasteiger partial charge in [0.05, 0.1) is 6.10 Å². The third-order valence-electron chi connectivity index (χ3n) is 5.21. The minimum absolute atomic E-state index is 0.0575. The second kappa shape index (κ2) is 13.7. The summed E-state index contributed by atoms with van der Waals surface area (Å²) in [6, 6.07) is 2.01. The molecule has 1 fully saturated rings. The predicted molar refractivity (Wildman–Crippen MR) is 130 cm³/mol. The van der Waals surface area contributed by atoms with E-state index in [1.807, 2.05) is 52.8 Å². The molecule has 1 saturated carbocycles. The number of furan rings is 1. The molecular formula is C26H40N2O3. The normalized spacial score (nSPS) is 16.5. The number of amides is 1. The lowest BCUT2D eigenvalue weighted by Gasteiger charge is -2.15. The summed E-state index contributed by atoms with van der Waals surface area (Å²) >= 11 is 0. The fourth-order valence-electron chi connectivity index (χ4n) is 3.00. The van der Waals surface area contributed by atoms with E-state index in [1.54, 1.807) is 25.3 Å². The lowest BCUT2D eigenvalue weighted by molar-refractivity contribution is -0.118. The third-order valence-corrected chi connectivity index (χ3v) is 5.21. The van der Waals surface area contributed by atoms with Gasteiger partial charge in [0.1, 0.15) is 11.5 Å². The van der Waals surface area contributed by atoms with Crippen molar-refractivity contribution in [1.29, 1.82) is 0 Å². The van der Waals surface area contributed by atoms with Crippen LogP contribution in [0.4, 0.5) is 0 Å². The third kappa shape index (κ3) is 8.62. The van der Waals surface area contributed by atoms with Crippen LogP contribution >= 0.6 is 0 Å². The van der Waals surface area contributed by atoms with Crippen molar-refractivity contribution in [2.45, 2.75) is 60.0 Å². The van der Waals surface area contributed by atoms with Gasteiger partial charge in [-0.2, -0.15) is 0 Å². The molecule has 0 aliphatic heterocycles. The van der Waals surface area contributed by atoms with Crippen LogP contribution in [0.3, 0.4) is 0 Å². The van der Waals surface area contributed by atoms with Gasteiger partial charge in [0.15, 0.2) is 0 Å². The van der Waals surface area contributed by atoms with Gasteiger partial charge in [-0.3, -0.25) is 4.79 Å². The fourth-order valence-corrected chi connectivity index (χ4v) is 3.00. The maximum atomic E-state index is 12.5. The topological polar surface area (TPSA) is 77.5 Å². The first kappa shape index (κ1) is 26.5. The summed E-state index contributed by atoms with van der Waals surface area (Å²) in [5.74, 6) is 2.20. The van der Waals surface area contributed by atoms with Crippen LogP contribution < -0.4 is 11.1 Å². The second-order valence-electron chi connectivity index (χ2n) is 7.66. The Morgan fingerprint density at radius 2 is 2.03 bits per heavy atom. The molecular weight excluding hydrogens is 388 g/mol. The van der Waals surface area contributed by atoms with Crippen LogP contribution in [0.2, 0.25) is 0 Å². The van der Waals surface area contributed by atoms with Crippen LogP contribution in [0.15, 0.2) is 46.6 Å². The molecule has 1 aliphatic carbocycles. The Labute approximate surface area is 188 Å². The second-order valence-corrected chi connectivity index (χ2v) is 7.66. The average Bonchev–Trinajstić information content (AvgIpc) is 3.53. The maximum Gasteiger partial charge on any atom is 0.249 e. The number of methoxy groups -OCH3 is 1. The summed E-state index contributed by atoms with van der Waals surface area (Å²) in [6.45, 7) is 14.4. The molecule has 1 amide bonds. The van der Waals surface area contributed by atoms with E-state index in [0.717, 1.165) is 23.6 Å².